The van der Waals surface area contributed by atoms with Gasteiger partial charge in [0.2, 0.25) is 0 Å². The molecule has 166 valence electrons. The molecule has 0 spiro atoms. The number of hydrogen-bond donors (Lipinski definition) is 2. The van der Waals surface area contributed by atoms with Crippen molar-refractivity contribution in [1.82, 2.24) is 5.32 Å². The number of anilines is 1. The molecule has 2 aromatic carbocycles. The zero-order valence-corrected chi connectivity index (χ0v) is 19.2. The van der Waals surface area contributed by atoms with Crippen molar-refractivity contribution < 1.29 is 19.4 Å². The number of allylic oxidation sites excluding steroid dienone is 1. The van der Waals surface area contributed by atoms with Gasteiger partial charge < -0.3 is 9.84 Å². The average Bonchev–Trinajstić information content (AvgIpc) is 2.75. The van der Waals surface area contributed by atoms with Crippen molar-refractivity contribution in [1.29, 1.82) is 0 Å². The van der Waals surface area contributed by atoms with Crippen molar-refractivity contribution in [3.05, 3.63) is 71.3 Å². The number of aromatic hydroxyl groups is 1. The molecule has 1 aliphatic heterocycles. The zero-order chi connectivity index (χ0) is 23.4. The first-order valence-electron chi connectivity index (χ1n) is 10.4. The summed E-state index contributed by atoms with van der Waals surface area (Å²) in [6.45, 7) is 10.0. The van der Waals surface area contributed by atoms with Crippen LogP contribution < -0.4 is 15.0 Å². The quantitative estimate of drug-likeness (QED) is 0.282. The minimum absolute atomic E-state index is 0.0152. The van der Waals surface area contributed by atoms with Crippen molar-refractivity contribution >= 4 is 40.9 Å². The third-order valence-electron chi connectivity index (χ3n) is 5.07. The lowest BCUT2D eigenvalue weighted by atomic mass is 10.0. The predicted molar refractivity (Wildman–Crippen MR) is 130 cm³/mol. The van der Waals surface area contributed by atoms with Gasteiger partial charge in [0.25, 0.3) is 11.8 Å². The zero-order valence-electron chi connectivity index (χ0n) is 18.3. The van der Waals surface area contributed by atoms with Gasteiger partial charge in [0.05, 0.1) is 12.3 Å². The lowest BCUT2D eigenvalue weighted by Crippen LogP contribution is -2.54. The summed E-state index contributed by atoms with van der Waals surface area (Å²) >= 11 is 5.27. The number of phenols is 1. The lowest BCUT2D eigenvalue weighted by Gasteiger charge is -2.29. The Hall–Kier alpha value is -3.45. The van der Waals surface area contributed by atoms with E-state index in [9.17, 15) is 14.7 Å². The summed E-state index contributed by atoms with van der Waals surface area (Å²) in [5.41, 5.74) is 2.77. The van der Waals surface area contributed by atoms with Crippen LogP contribution >= 0.6 is 12.2 Å². The van der Waals surface area contributed by atoms with Crippen LogP contribution in [0.3, 0.4) is 0 Å². The maximum Gasteiger partial charge on any atom is 0.270 e. The molecule has 0 aliphatic carbocycles. The number of phenolic OH excluding ortho intramolecular Hbond substituents is 1. The second-order valence-electron chi connectivity index (χ2n) is 7.66. The van der Waals surface area contributed by atoms with Crippen molar-refractivity contribution in [2.24, 2.45) is 0 Å². The fraction of sp³-hybridized carbons (Fsp3) is 0.240. The molecule has 0 saturated carbocycles. The standard InChI is InChI=1S/C25H26N2O4S/c1-5-7-18-12-16(14-21(22(18)28)31-6-2)13-20-23(29)26-25(32)27(24(20)30)19-10-8-17(9-11-19)15(3)4/h5,8-15,28H,1,6-7H2,2-4H3,(H,26,29,32)/b20-13+. The SMILES string of the molecule is C=CCc1cc(/C=C2\C(=O)NC(=S)N(c3ccc(C(C)C)cc3)C2=O)cc(OCC)c1O. The van der Waals surface area contributed by atoms with E-state index >= 15 is 0 Å². The van der Waals surface area contributed by atoms with Gasteiger partial charge in [-0.05, 0) is 72.9 Å². The summed E-state index contributed by atoms with van der Waals surface area (Å²) in [5, 5.41) is 13.0. The minimum Gasteiger partial charge on any atom is -0.504 e. The van der Waals surface area contributed by atoms with E-state index in [2.05, 4.69) is 25.7 Å². The first-order chi connectivity index (χ1) is 15.3. The van der Waals surface area contributed by atoms with Crippen molar-refractivity contribution in [3.63, 3.8) is 0 Å². The molecule has 1 saturated heterocycles. The van der Waals surface area contributed by atoms with Gasteiger partial charge in [-0.15, -0.1) is 6.58 Å². The molecule has 2 amide bonds. The molecule has 32 heavy (non-hydrogen) atoms. The number of ether oxygens (including phenoxy) is 1. The number of thiocarbonyl (C=S) groups is 1. The van der Waals surface area contributed by atoms with Gasteiger partial charge >= 0.3 is 0 Å². The Labute approximate surface area is 193 Å². The maximum atomic E-state index is 13.3. The summed E-state index contributed by atoms with van der Waals surface area (Å²) in [6, 6.07) is 10.8. The predicted octanol–water partition coefficient (Wildman–Crippen LogP) is 4.47. The van der Waals surface area contributed by atoms with Gasteiger partial charge in [-0.2, -0.15) is 0 Å². The molecule has 0 unspecified atom stereocenters. The van der Waals surface area contributed by atoms with Gasteiger partial charge in [0.1, 0.15) is 5.57 Å². The fourth-order valence-corrected chi connectivity index (χ4v) is 3.70. The Morgan fingerprint density at radius 2 is 1.91 bits per heavy atom. The topological polar surface area (TPSA) is 78.9 Å². The molecule has 0 radical (unpaired) electrons. The molecule has 3 rings (SSSR count). The normalized spacial score (nSPS) is 15.3. The second kappa shape index (κ2) is 9.78. The number of hydrogen-bond acceptors (Lipinski definition) is 5. The molecule has 2 aromatic rings. The van der Waals surface area contributed by atoms with Crippen LogP contribution in [0.4, 0.5) is 5.69 Å². The number of carbonyl (C=O) groups excluding carboxylic acids is 2. The van der Waals surface area contributed by atoms with Crippen LogP contribution in [0.5, 0.6) is 11.5 Å². The van der Waals surface area contributed by atoms with Crippen LogP contribution in [0.1, 0.15) is 43.4 Å². The molecule has 7 heteroatoms. The van der Waals surface area contributed by atoms with Crippen LogP contribution in [0.15, 0.2) is 54.6 Å². The Morgan fingerprint density at radius 1 is 1.22 bits per heavy atom. The molecule has 1 heterocycles. The number of benzene rings is 2. The summed E-state index contributed by atoms with van der Waals surface area (Å²) in [7, 11) is 0. The highest BCUT2D eigenvalue weighted by atomic mass is 32.1. The lowest BCUT2D eigenvalue weighted by molar-refractivity contribution is -0.122. The largest absolute Gasteiger partial charge is 0.504 e. The van der Waals surface area contributed by atoms with Crippen LogP contribution in [0.25, 0.3) is 6.08 Å². The van der Waals surface area contributed by atoms with E-state index in [0.717, 1.165) is 5.56 Å². The Bertz CT molecular complexity index is 1100. The van der Waals surface area contributed by atoms with E-state index in [4.69, 9.17) is 17.0 Å². The number of nitrogens with one attached hydrogen (secondary N) is 1. The molecule has 2 N–H and O–H groups in total. The number of amides is 2. The van der Waals surface area contributed by atoms with Crippen molar-refractivity contribution in [2.75, 3.05) is 11.5 Å². The first-order valence-corrected chi connectivity index (χ1v) is 10.8. The van der Waals surface area contributed by atoms with Crippen molar-refractivity contribution in [3.8, 4) is 11.5 Å². The molecule has 1 fully saturated rings. The Balaban J connectivity index is 2.03. The molecule has 0 atom stereocenters. The van der Waals surface area contributed by atoms with E-state index in [1.807, 2.05) is 24.3 Å². The Morgan fingerprint density at radius 3 is 2.50 bits per heavy atom. The molecule has 0 aromatic heterocycles. The van der Waals surface area contributed by atoms with Crippen LogP contribution in [0.2, 0.25) is 0 Å². The third-order valence-corrected chi connectivity index (χ3v) is 5.36. The number of carbonyl (C=O) groups is 2. The molecule has 0 bridgehead atoms. The summed E-state index contributed by atoms with van der Waals surface area (Å²) in [5.74, 6) is -0.457. The van der Waals surface area contributed by atoms with Crippen LogP contribution in [0, 0.1) is 0 Å². The molecule has 1 aliphatic rings. The molecule has 6 nitrogen and oxygen atoms in total. The molecular weight excluding hydrogens is 424 g/mol. The summed E-state index contributed by atoms with van der Waals surface area (Å²) in [6.07, 6.45) is 3.53. The summed E-state index contributed by atoms with van der Waals surface area (Å²) < 4.78 is 5.51. The minimum atomic E-state index is -0.577. The van der Waals surface area contributed by atoms with Crippen LogP contribution in [-0.2, 0) is 16.0 Å². The highest BCUT2D eigenvalue weighted by Gasteiger charge is 2.34. The van der Waals surface area contributed by atoms with E-state index in [0.29, 0.717) is 35.8 Å². The summed E-state index contributed by atoms with van der Waals surface area (Å²) in [4.78, 5) is 27.2. The first kappa shape index (κ1) is 23.2. The maximum absolute atomic E-state index is 13.3. The molecular formula is C25H26N2O4S. The number of rotatable bonds is 7. The van der Waals surface area contributed by atoms with Crippen LogP contribution in [-0.4, -0.2) is 28.6 Å². The van der Waals surface area contributed by atoms with Gasteiger partial charge in [-0.25, -0.2) is 0 Å². The highest BCUT2D eigenvalue weighted by molar-refractivity contribution is 7.80. The van der Waals surface area contributed by atoms with Gasteiger partial charge in [-0.1, -0.05) is 32.1 Å². The van der Waals surface area contributed by atoms with Crippen molar-refractivity contribution in [2.45, 2.75) is 33.1 Å². The average molecular weight is 451 g/mol. The second-order valence-corrected chi connectivity index (χ2v) is 8.04. The van der Waals surface area contributed by atoms with E-state index in [1.165, 1.54) is 11.0 Å². The van der Waals surface area contributed by atoms with E-state index < -0.39 is 11.8 Å². The Kier molecular flexibility index (Phi) is 7.10. The third kappa shape index (κ3) is 4.73. The highest BCUT2D eigenvalue weighted by Crippen LogP contribution is 2.34. The smallest absolute Gasteiger partial charge is 0.270 e. The van der Waals surface area contributed by atoms with E-state index in [-0.39, 0.29) is 22.2 Å². The van der Waals surface area contributed by atoms with Gasteiger partial charge in [0, 0.05) is 5.56 Å². The fourth-order valence-electron chi connectivity index (χ4n) is 3.42. The van der Waals surface area contributed by atoms with Gasteiger partial charge in [-0.3, -0.25) is 19.8 Å². The van der Waals surface area contributed by atoms with Gasteiger partial charge in [0.15, 0.2) is 16.6 Å². The van der Waals surface area contributed by atoms with E-state index in [1.54, 1.807) is 25.1 Å². The number of nitrogens with zero attached hydrogens (tertiary/aromatic N) is 1. The monoisotopic (exact) mass is 450 g/mol.